The Morgan fingerprint density at radius 3 is 2.68 bits per heavy atom. The Labute approximate surface area is 235 Å². The number of aromatic nitrogens is 1. The first kappa shape index (κ1) is 28.1. The molecule has 2 amide bonds. The molecule has 1 aromatic heterocycles. The standard InChI is InChI=1S/C28H32IN3O6/c1-37-17-26(34)32(12-10-20-14-18-6-2-4-8-22(18)31-20)23-15-19(28(36)30-11-13-33)16-25(27(23)35)38-24-9-5-3-7-21(24)29/h2-9,14,16,23,25,27,31,33,35H,10-13,15,17H2,1H3,(H,30,36)/t23-,25+,27+/m1/s1. The van der Waals surface area contributed by atoms with Gasteiger partial charge in [0.15, 0.2) is 0 Å². The fourth-order valence-electron chi connectivity index (χ4n) is 4.66. The molecule has 3 atom stereocenters. The van der Waals surface area contributed by atoms with Gasteiger partial charge in [-0.05, 0) is 58.3 Å². The summed E-state index contributed by atoms with van der Waals surface area (Å²) in [7, 11) is 1.45. The third-order valence-corrected chi connectivity index (χ3v) is 7.40. The lowest BCUT2D eigenvalue weighted by atomic mass is 9.88. The van der Waals surface area contributed by atoms with Gasteiger partial charge in [-0.25, -0.2) is 0 Å². The number of methoxy groups -OCH3 is 1. The summed E-state index contributed by atoms with van der Waals surface area (Å²) in [5.41, 5.74) is 2.34. The lowest BCUT2D eigenvalue weighted by molar-refractivity contribution is -0.142. The maximum Gasteiger partial charge on any atom is 0.248 e. The van der Waals surface area contributed by atoms with Gasteiger partial charge in [-0.15, -0.1) is 0 Å². The van der Waals surface area contributed by atoms with E-state index in [1.165, 1.54) is 7.11 Å². The average Bonchev–Trinajstić information content (AvgIpc) is 3.33. The topological polar surface area (TPSA) is 124 Å². The summed E-state index contributed by atoms with van der Waals surface area (Å²) >= 11 is 2.15. The molecule has 4 N–H and O–H groups in total. The number of amides is 2. The minimum Gasteiger partial charge on any atom is -0.482 e. The number of H-pyrrole nitrogens is 1. The SMILES string of the molecule is COCC(=O)N(CCc1cc2ccccc2[nH]1)[C@@H]1CC(C(=O)NCCO)=C[C@H](Oc2ccccc2I)[C@H]1O. The van der Waals surface area contributed by atoms with Crippen LogP contribution in [0.3, 0.4) is 0 Å². The van der Waals surface area contributed by atoms with E-state index in [0.717, 1.165) is 20.2 Å². The second-order valence-electron chi connectivity index (χ2n) is 9.10. The summed E-state index contributed by atoms with van der Waals surface area (Å²) in [6.45, 7) is 0.0417. The Balaban J connectivity index is 1.62. The Hall–Kier alpha value is -2.93. The number of aliphatic hydroxyl groups excluding tert-OH is 2. The van der Waals surface area contributed by atoms with Crippen LogP contribution in [-0.2, 0) is 20.7 Å². The van der Waals surface area contributed by atoms with Crippen LogP contribution in [0.2, 0.25) is 0 Å². The summed E-state index contributed by atoms with van der Waals surface area (Å²) in [6.07, 6.45) is 0.292. The van der Waals surface area contributed by atoms with E-state index < -0.39 is 18.2 Å². The normalized spacial score (nSPS) is 19.2. The third-order valence-electron chi connectivity index (χ3n) is 6.51. The van der Waals surface area contributed by atoms with Crippen molar-refractivity contribution in [1.82, 2.24) is 15.2 Å². The van der Waals surface area contributed by atoms with E-state index in [9.17, 15) is 14.7 Å². The molecular weight excluding hydrogens is 601 g/mol. The molecule has 3 aromatic rings. The number of rotatable bonds is 11. The Morgan fingerprint density at radius 2 is 1.95 bits per heavy atom. The zero-order valence-electron chi connectivity index (χ0n) is 21.1. The van der Waals surface area contributed by atoms with E-state index in [1.807, 2.05) is 48.5 Å². The molecule has 0 fully saturated rings. The van der Waals surface area contributed by atoms with Crippen LogP contribution in [0, 0.1) is 3.57 Å². The van der Waals surface area contributed by atoms with Crippen molar-refractivity contribution in [1.29, 1.82) is 0 Å². The van der Waals surface area contributed by atoms with Crippen molar-refractivity contribution in [2.45, 2.75) is 31.1 Å². The Kier molecular flexibility index (Phi) is 9.78. The van der Waals surface area contributed by atoms with Gasteiger partial charge >= 0.3 is 0 Å². The number of nitrogens with one attached hydrogen (secondary N) is 2. The van der Waals surface area contributed by atoms with Crippen molar-refractivity contribution in [3.05, 3.63) is 75.5 Å². The Bertz CT molecular complexity index is 1260. The highest BCUT2D eigenvalue weighted by atomic mass is 127. The zero-order chi connectivity index (χ0) is 27.1. The summed E-state index contributed by atoms with van der Waals surface area (Å²) in [5.74, 6) is -0.100. The molecule has 1 aliphatic carbocycles. The molecule has 1 heterocycles. The number of carbonyl (C=O) groups excluding carboxylic acids is 2. The van der Waals surface area contributed by atoms with Crippen molar-refractivity contribution in [3.8, 4) is 5.75 Å². The van der Waals surface area contributed by atoms with Gasteiger partial charge in [0.05, 0.1) is 16.2 Å². The first-order valence-electron chi connectivity index (χ1n) is 12.4. The van der Waals surface area contributed by atoms with Gasteiger partial charge in [-0.2, -0.15) is 0 Å². The number of ether oxygens (including phenoxy) is 2. The van der Waals surface area contributed by atoms with E-state index >= 15 is 0 Å². The van der Waals surface area contributed by atoms with Gasteiger partial charge in [-0.3, -0.25) is 9.59 Å². The minimum atomic E-state index is -1.09. The minimum absolute atomic E-state index is 0.0954. The van der Waals surface area contributed by atoms with Gasteiger partial charge in [0.2, 0.25) is 11.8 Å². The number of aromatic amines is 1. The number of fused-ring (bicyclic) bond motifs is 1. The summed E-state index contributed by atoms with van der Waals surface area (Å²) in [4.78, 5) is 31.1. The Morgan fingerprint density at radius 1 is 1.18 bits per heavy atom. The second-order valence-corrected chi connectivity index (χ2v) is 10.3. The predicted octanol–water partition coefficient (Wildman–Crippen LogP) is 2.41. The van der Waals surface area contributed by atoms with Gasteiger partial charge in [0, 0.05) is 49.8 Å². The molecule has 9 nitrogen and oxygen atoms in total. The van der Waals surface area contributed by atoms with E-state index in [-0.39, 0.29) is 38.0 Å². The molecule has 202 valence electrons. The molecule has 38 heavy (non-hydrogen) atoms. The van der Waals surface area contributed by atoms with Crippen LogP contribution in [0.1, 0.15) is 12.1 Å². The van der Waals surface area contributed by atoms with Crippen LogP contribution in [0.25, 0.3) is 10.9 Å². The van der Waals surface area contributed by atoms with Crippen LogP contribution < -0.4 is 10.1 Å². The maximum atomic E-state index is 13.2. The average molecular weight is 633 g/mol. The van der Waals surface area contributed by atoms with Crippen LogP contribution >= 0.6 is 22.6 Å². The lowest BCUT2D eigenvalue weighted by Crippen LogP contribution is -2.56. The van der Waals surface area contributed by atoms with Crippen molar-refractivity contribution in [3.63, 3.8) is 0 Å². The van der Waals surface area contributed by atoms with Gasteiger partial charge < -0.3 is 34.9 Å². The summed E-state index contributed by atoms with van der Waals surface area (Å²) in [5, 5.41) is 24.4. The number of nitrogens with zero attached hydrogens (tertiary/aromatic N) is 1. The summed E-state index contributed by atoms with van der Waals surface area (Å²) in [6, 6.07) is 16.6. The maximum absolute atomic E-state index is 13.2. The highest BCUT2D eigenvalue weighted by Gasteiger charge is 2.40. The number of benzene rings is 2. The smallest absolute Gasteiger partial charge is 0.248 e. The molecule has 0 spiro atoms. The first-order chi connectivity index (χ1) is 18.4. The quantitative estimate of drug-likeness (QED) is 0.241. The first-order valence-corrected chi connectivity index (χ1v) is 13.5. The monoisotopic (exact) mass is 633 g/mol. The number of hydrogen-bond donors (Lipinski definition) is 4. The summed E-state index contributed by atoms with van der Waals surface area (Å²) < 4.78 is 12.2. The molecule has 0 bridgehead atoms. The number of hydrogen-bond acceptors (Lipinski definition) is 6. The molecule has 0 saturated carbocycles. The van der Waals surface area contributed by atoms with Crippen LogP contribution in [0.15, 0.2) is 66.2 Å². The molecule has 4 rings (SSSR count). The fraction of sp³-hybridized carbons (Fsp3) is 0.357. The van der Waals surface area contributed by atoms with Gasteiger partial charge in [0.1, 0.15) is 24.6 Å². The fourth-order valence-corrected chi connectivity index (χ4v) is 5.17. The van der Waals surface area contributed by atoms with Gasteiger partial charge in [0.25, 0.3) is 0 Å². The zero-order valence-corrected chi connectivity index (χ0v) is 23.3. The number of aliphatic hydroxyl groups is 2. The van der Waals surface area contributed by atoms with Crippen LogP contribution in [0.5, 0.6) is 5.75 Å². The van der Waals surface area contributed by atoms with E-state index in [1.54, 1.807) is 17.0 Å². The van der Waals surface area contributed by atoms with Crippen molar-refractivity contribution in [2.24, 2.45) is 0 Å². The highest BCUT2D eigenvalue weighted by Crippen LogP contribution is 2.30. The third kappa shape index (κ3) is 6.73. The molecule has 0 aliphatic heterocycles. The number of para-hydroxylation sites is 2. The van der Waals surface area contributed by atoms with E-state index in [0.29, 0.717) is 24.3 Å². The van der Waals surface area contributed by atoms with E-state index in [2.05, 4.69) is 32.9 Å². The van der Waals surface area contributed by atoms with Crippen LogP contribution in [-0.4, -0.2) is 83.6 Å². The molecule has 10 heteroatoms. The molecule has 2 aromatic carbocycles. The largest absolute Gasteiger partial charge is 0.482 e. The molecule has 1 aliphatic rings. The van der Waals surface area contributed by atoms with Gasteiger partial charge in [-0.1, -0.05) is 30.3 Å². The van der Waals surface area contributed by atoms with Crippen molar-refractivity contribution in [2.75, 3.05) is 33.4 Å². The van der Waals surface area contributed by atoms with Crippen LogP contribution in [0.4, 0.5) is 0 Å². The molecular formula is C28H32IN3O6. The molecule has 0 radical (unpaired) electrons. The second kappa shape index (κ2) is 13.2. The highest BCUT2D eigenvalue weighted by molar-refractivity contribution is 14.1. The lowest BCUT2D eigenvalue weighted by Gasteiger charge is -2.40. The molecule has 0 unspecified atom stereocenters. The van der Waals surface area contributed by atoms with Crippen molar-refractivity contribution < 1.29 is 29.3 Å². The predicted molar refractivity (Wildman–Crippen MR) is 152 cm³/mol. The molecule has 0 saturated heterocycles. The van der Waals surface area contributed by atoms with Crippen molar-refractivity contribution >= 4 is 45.3 Å². The number of carbonyl (C=O) groups is 2. The van der Waals surface area contributed by atoms with E-state index in [4.69, 9.17) is 14.6 Å². The number of halogens is 1.